The first kappa shape index (κ1) is 14.0. The zero-order valence-electron chi connectivity index (χ0n) is 11.6. The molecule has 0 bridgehead atoms. The number of benzene rings is 2. The van der Waals surface area contributed by atoms with E-state index in [4.69, 9.17) is 0 Å². The first-order valence-corrected chi connectivity index (χ1v) is 6.51. The molecule has 3 nitrogen and oxygen atoms in total. The highest BCUT2D eigenvalue weighted by atomic mass is 16.2. The second kappa shape index (κ2) is 6.15. The van der Waals surface area contributed by atoms with E-state index < -0.39 is 6.04 Å². The molecule has 0 aromatic heterocycles. The van der Waals surface area contributed by atoms with E-state index >= 15 is 0 Å². The Bertz CT molecular complexity index is 603. The van der Waals surface area contributed by atoms with Gasteiger partial charge in [0, 0.05) is 12.5 Å². The molecule has 0 saturated carbocycles. The molecule has 1 amide bonds. The average molecular weight is 267 g/mol. The van der Waals surface area contributed by atoms with Crippen LogP contribution in [0.5, 0.6) is 0 Å². The Labute approximate surface area is 118 Å². The summed E-state index contributed by atoms with van der Waals surface area (Å²) in [6, 6.07) is 16.0. The van der Waals surface area contributed by atoms with E-state index in [2.05, 4.69) is 5.32 Å². The van der Waals surface area contributed by atoms with E-state index in [9.17, 15) is 9.59 Å². The van der Waals surface area contributed by atoms with Gasteiger partial charge in [0.25, 0.3) is 0 Å². The van der Waals surface area contributed by atoms with Crippen LogP contribution >= 0.6 is 0 Å². The van der Waals surface area contributed by atoms with E-state index in [1.54, 1.807) is 12.1 Å². The molecular weight excluding hydrogens is 250 g/mol. The van der Waals surface area contributed by atoms with Crippen molar-refractivity contribution in [2.75, 3.05) is 0 Å². The third-order valence-corrected chi connectivity index (χ3v) is 3.08. The summed E-state index contributed by atoms with van der Waals surface area (Å²) in [5.74, 6) is -0.329. The van der Waals surface area contributed by atoms with Crippen LogP contribution in [0.4, 0.5) is 0 Å². The highest BCUT2D eigenvalue weighted by Crippen LogP contribution is 2.19. The number of carbonyl (C=O) groups is 2. The molecular formula is C17H17NO2. The van der Waals surface area contributed by atoms with Crippen LogP contribution in [0.25, 0.3) is 0 Å². The molecule has 102 valence electrons. The summed E-state index contributed by atoms with van der Waals surface area (Å²) in [6.45, 7) is 3.40. The van der Waals surface area contributed by atoms with Crippen LogP contribution in [0.1, 0.15) is 34.5 Å². The molecule has 0 aliphatic carbocycles. The molecule has 0 aliphatic rings. The molecule has 0 fully saturated rings. The van der Waals surface area contributed by atoms with E-state index in [0.717, 1.165) is 11.1 Å². The van der Waals surface area contributed by atoms with Gasteiger partial charge in [-0.25, -0.2) is 0 Å². The Kier molecular flexibility index (Phi) is 4.31. The van der Waals surface area contributed by atoms with Crippen molar-refractivity contribution in [1.29, 1.82) is 0 Å². The Hall–Kier alpha value is -2.42. The largest absolute Gasteiger partial charge is 0.342 e. The van der Waals surface area contributed by atoms with Crippen molar-refractivity contribution < 1.29 is 9.59 Å². The normalized spacial score (nSPS) is 11.7. The summed E-state index contributed by atoms with van der Waals surface area (Å²) in [5.41, 5.74) is 2.49. The van der Waals surface area contributed by atoms with Crippen molar-refractivity contribution in [3.05, 3.63) is 71.3 Å². The van der Waals surface area contributed by atoms with Gasteiger partial charge in [-0.1, -0.05) is 60.2 Å². The molecule has 2 aromatic carbocycles. The maximum Gasteiger partial charge on any atom is 0.217 e. The van der Waals surface area contributed by atoms with E-state index in [-0.39, 0.29) is 11.7 Å². The molecule has 0 aliphatic heterocycles. The Morgan fingerprint density at radius 1 is 0.950 bits per heavy atom. The summed E-state index contributed by atoms with van der Waals surface area (Å²) in [4.78, 5) is 23.9. The molecule has 2 rings (SSSR count). The monoisotopic (exact) mass is 267 g/mol. The Morgan fingerprint density at radius 3 is 2.10 bits per heavy atom. The van der Waals surface area contributed by atoms with Crippen LogP contribution in [0, 0.1) is 6.92 Å². The zero-order valence-corrected chi connectivity index (χ0v) is 11.6. The first-order chi connectivity index (χ1) is 9.58. The van der Waals surface area contributed by atoms with Crippen LogP contribution in [0.15, 0.2) is 54.6 Å². The fourth-order valence-electron chi connectivity index (χ4n) is 2.03. The molecule has 20 heavy (non-hydrogen) atoms. The molecule has 2 aromatic rings. The zero-order chi connectivity index (χ0) is 14.5. The Morgan fingerprint density at radius 2 is 1.55 bits per heavy atom. The predicted molar refractivity (Wildman–Crippen MR) is 78.5 cm³/mol. The van der Waals surface area contributed by atoms with Crippen LogP contribution in [0.2, 0.25) is 0 Å². The maximum atomic E-state index is 12.6. The quantitative estimate of drug-likeness (QED) is 0.865. The first-order valence-electron chi connectivity index (χ1n) is 6.51. The summed E-state index contributed by atoms with van der Waals surface area (Å²) in [5, 5.41) is 2.73. The lowest BCUT2D eigenvalue weighted by atomic mass is 9.96. The molecule has 1 N–H and O–H groups in total. The van der Waals surface area contributed by atoms with Gasteiger partial charge < -0.3 is 5.32 Å². The molecule has 0 spiro atoms. The van der Waals surface area contributed by atoms with Crippen LogP contribution in [-0.2, 0) is 4.79 Å². The average Bonchev–Trinajstić information content (AvgIpc) is 2.46. The lowest BCUT2D eigenvalue weighted by Gasteiger charge is -2.17. The molecule has 1 atom stereocenters. The lowest BCUT2D eigenvalue weighted by Crippen LogP contribution is -2.32. The van der Waals surface area contributed by atoms with Crippen molar-refractivity contribution in [2.24, 2.45) is 0 Å². The van der Waals surface area contributed by atoms with Gasteiger partial charge in [0.2, 0.25) is 5.91 Å². The van der Waals surface area contributed by atoms with Gasteiger partial charge in [0.1, 0.15) is 6.04 Å². The second-order valence-corrected chi connectivity index (χ2v) is 4.77. The highest BCUT2D eigenvalue weighted by molar-refractivity contribution is 6.02. The summed E-state index contributed by atoms with van der Waals surface area (Å²) in [6.07, 6.45) is 0. The Balaban J connectivity index is 2.35. The molecule has 0 radical (unpaired) electrons. The van der Waals surface area contributed by atoms with E-state index in [1.165, 1.54) is 6.92 Å². The van der Waals surface area contributed by atoms with Crippen LogP contribution < -0.4 is 5.32 Å². The fraction of sp³-hybridized carbons (Fsp3) is 0.176. The third-order valence-electron chi connectivity index (χ3n) is 3.08. The second-order valence-electron chi connectivity index (χ2n) is 4.77. The minimum Gasteiger partial charge on any atom is -0.342 e. The summed E-state index contributed by atoms with van der Waals surface area (Å²) < 4.78 is 0. The number of rotatable bonds is 4. The van der Waals surface area contributed by atoms with Crippen molar-refractivity contribution in [3.63, 3.8) is 0 Å². The number of aryl methyl sites for hydroxylation is 1. The number of hydrogen-bond donors (Lipinski definition) is 1. The van der Waals surface area contributed by atoms with Crippen molar-refractivity contribution in [1.82, 2.24) is 5.32 Å². The third kappa shape index (κ3) is 3.32. The SMILES string of the molecule is CC(=O)NC(C(=O)c1ccccc1)c1ccc(C)cc1. The topological polar surface area (TPSA) is 46.2 Å². The predicted octanol–water partition coefficient (Wildman–Crippen LogP) is 3.06. The van der Waals surface area contributed by atoms with Crippen molar-refractivity contribution >= 4 is 11.7 Å². The van der Waals surface area contributed by atoms with Gasteiger partial charge in [0.05, 0.1) is 0 Å². The van der Waals surface area contributed by atoms with Crippen molar-refractivity contribution in [2.45, 2.75) is 19.9 Å². The minimum atomic E-state index is -0.643. The number of hydrogen-bond acceptors (Lipinski definition) is 2. The van der Waals surface area contributed by atoms with E-state index in [0.29, 0.717) is 5.56 Å². The number of Topliss-reactive ketones (excluding diaryl/α,β-unsaturated/α-hetero) is 1. The van der Waals surface area contributed by atoms with Crippen LogP contribution in [0.3, 0.4) is 0 Å². The van der Waals surface area contributed by atoms with Crippen molar-refractivity contribution in [3.8, 4) is 0 Å². The molecule has 0 saturated heterocycles. The fourth-order valence-corrected chi connectivity index (χ4v) is 2.03. The summed E-state index contributed by atoms with van der Waals surface area (Å²) >= 11 is 0. The highest BCUT2D eigenvalue weighted by Gasteiger charge is 2.22. The van der Waals surface area contributed by atoms with E-state index in [1.807, 2.05) is 49.4 Å². The van der Waals surface area contributed by atoms with Gasteiger partial charge in [0.15, 0.2) is 5.78 Å². The standard InChI is InChI=1S/C17H17NO2/c1-12-8-10-14(11-9-12)16(18-13(2)19)17(20)15-6-4-3-5-7-15/h3-11,16H,1-2H3,(H,18,19). The maximum absolute atomic E-state index is 12.6. The number of nitrogens with one attached hydrogen (secondary N) is 1. The minimum absolute atomic E-state index is 0.107. The molecule has 3 heteroatoms. The molecule has 1 unspecified atom stereocenters. The van der Waals surface area contributed by atoms with Gasteiger partial charge in [-0.2, -0.15) is 0 Å². The van der Waals surface area contributed by atoms with Crippen LogP contribution in [-0.4, -0.2) is 11.7 Å². The lowest BCUT2D eigenvalue weighted by molar-refractivity contribution is -0.119. The smallest absolute Gasteiger partial charge is 0.217 e. The van der Waals surface area contributed by atoms with Gasteiger partial charge in [-0.3, -0.25) is 9.59 Å². The number of carbonyl (C=O) groups excluding carboxylic acids is 2. The number of ketones is 1. The summed E-state index contributed by atoms with van der Waals surface area (Å²) in [7, 11) is 0. The number of amides is 1. The van der Waals surface area contributed by atoms with Gasteiger partial charge in [-0.05, 0) is 12.5 Å². The van der Waals surface area contributed by atoms with Gasteiger partial charge in [-0.15, -0.1) is 0 Å². The molecule has 0 heterocycles. The van der Waals surface area contributed by atoms with Gasteiger partial charge >= 0.3 is 0 Å².